The Morgan fingerprint density at radius 2 is 1.68 bits per heavy atom. The Bertz CT molecular complexity index is 572. The van der Waals surface area contributed by atoms with E-state index in [1.165, 1.54) is 5.39 Å². The van der Waals surface area contributed by atoms with Crippen LogP contribution in [-0.2, 0) is 0 Å². The Kier molecular flexibility index (Phi) is 4.33. The maximum atomic E-state index is 12.5. The van der Waals surface area contributed by atoms with Gasteiger partial charge in [-0.15, -0.1) is 0 Å². The summed E-state index contributed by atoms with van der Waals surface area (Å²) in [5.74, 6) is 0.203. The van der Waals surface area contributed by atoms with Crippen LogP contribution in [0.1, 0.15) is 31.1 Å². The van der Waals surface area contributed by atoms with Crippen molar-refractivity contribution in [3.8, 4) is 0 Å². The van der Waals surface area contributed by atoms with Crippen LogP contribution in [-0.4, -0.2) is 29.8 Å². The minimum Gasteiger partial charge on any atom is -0.294 e. The van der Waals surface area contributed by atoms with Gasteiger partial charge in [-0.05, 0) is 36.9 Å². The molecule has 0 aliphatic heterocycles. The molecule has 0 saturated heterocycles. The van der Waals surface area contributed by atoms with Crippen LogP contribution in [0, 0.1) is 0 Å². The minimum atomic E-state index is -0.0591. The molecule has 2 nitrogen and oxygen atoms in total. The molecule has 2 rings (SSSR count). The van der Waals surface area contributed by atoms with Crippen LogP contribution in [0.15, 0.2) is 42.5 Å². The van der Waals surface area contributed by atoms with Gasteiger partial charge in [0.2, 0.25) is 0 Å². The van der Waals surface area contributed by atoms with Gasteiger partial charge in [-0.1, -0.05) is 50.2 Å². The van der Waals surface area contributed by atoms with Gasteiger partial charge in [-0.2, -0.15) is 0 Å². The quantitative estimate of drug-likeness (QED) is 0.758. The van der Waals surface area contributed by atoms with Crippen molar-refractivity contribution in [3.05, 3.63) is 48.0 Å². The third-order valence-electron chi connectivity index (χ3n) is 3.77. The van der Waals surface area contributed by atoms with Crippen molar-refractivity contribution in [2.45, 2.75) is 26.8 Å². The average Bonchev–Trinajstić information content (AvgIpc) is 2.47. The molecule has 0 aromatic heterocycles. The van der Waals surface area contributed by atoms with Gasteiger partial charge in [0.1, 0.15) is 0 Å². The molecule has 2 aromatic rings. The van der Waals surface area contributed by atoms with E-state index in [0.29, 0.717) is 0 Å². The fraction of sp³-hybridized carbons (Fsp3) is 0.353. The third-order valence-corrected chi connectivity index (χ3v) is 3.77. The summed E-state index contributed by atoms with van der Waals surface area (Å²) in [6.45, 7) is 7.97. The van der Waals surface area contributed by atoms with Crippen molar-refractivity contribution < 1.29 is 4.79 Å². The number of hydrogen-bond acceptors (Lipinski definition) is 2. The van der Waals surface area contributed by atoms with Gasteiger partial charge in [-0.3, -0.25) is 9.69 Å². The number of likely N-dealkylation sites (N-methyl/N-ethyl adjacent to an activating group) is 1. The summed E-state index contributed by atoms with van der Waals surface area (Å²) in [5.41, 5.74) is 0.804. The molecular formula is C17H21NO. The summed E-state index contributed by atoms with van der Waals surface area (Å²) in [5, 5.41) is 2.30. The summed E-state index contributed by atoms with van der Waals surface area (Å²) < 4.78 is 0. The van der Waals surface area contributed by atoms with Crippen molar-refractivity contribution in [1.29, 1.82) is 0 Å². The number of Topliss-reactive ketones (excluding diaryl/α,β-unsaturated/α-hetero) is 1. The predicted molar refractivity (Wildman–Crippen MR) is 80.7 cm³/mol. The summed E-state index contributed by atoms with van der Waals surface area (Å²) in [4.78, 5) is 14.7. The molecule has 0 saturated carbocycles. The van der Waals surface area contributed by atoms with Gasteiger partial charge in [0, 0.05) is 5.56 Å². The van der Waals surface area contributed by atoms with E-state index in [4.69, 9.17) is 0 Å². The maximum Gasteiger partial charge on any atom is 0.179 e. The zero-order valence-corrected chi connectivity index (χ0v) is 11.9. The molecular weight excluding hydrogens is 234 g/mol. The SMILES string of the molecule is CCN(CC)[C@H](C)C(=O)c1ccc2ccccc2c1. The first kappa shape index (κ1) is 13.8. The number of ketones is 1. The first-order chi connectivity index (χ1) is 9.17. The highest BCUT2D eigenvalue weighted by molar-refractivity contribution is 6.02. The number of hydrogen-bond donors (Lipinski definition) is 0. The third kappa shape index (κ3) is 2.85. The van der Waals surface area contributed by atoms with E-state index in [1.54, 1.807) is 0 Å². The van der Waals surface area contributed by atoms with Gasteiger partial charge >= 0.3 is 0 Å². The first-order valence-electron chi connectivity index (χ1n) is 6.94. The lowest BCUT2D eigenvalue weighted by Crippen LogP contribution is -2.38. The highest BCUT2D eigenvalue weighted by Crippen LogP contribution is 2.17. The lowest BCUT2D eigenvalue weighted by atomic mass is 10.0. The molecule has 0 N–H and O–H groups in total. The van der Waals surface area contributed by atoms with E-state index < -0.39 is 0 Å². The van der Waals surface area contributed by atoms with Crippen LogP contribution in [0.4, 0.5) is 0 Å². The van der Waals surface area contributed by atoms with Gasteiger partial charge in [0.05, 0.1) is 6.04 Å². The molecule has 19 heavy (non-hydrogen) atoms. The van der Waals surface area contributed by atoms with Crippen molar-refractivity contribution >= 4 is 16.6 Å². The Labute approximate surface area is 115 Å². The Balaban J connectivity index is 2.30. The van der Waals surface area contributed by atoms with Crippen molar-refractivity contribution in [3.63, 3.8) is 0 Å². The number of rotatable bonds is 5. The molecule has 0 fully saturated rings. The Hall–Kier alpha value is -1.67. The van der Waals surface area contributed by atoms with E-state index in [2.05, 4.69) is 24.8 Å². The van der Waals surface area contributed by atoms with Gasteiger partial charge in [0.15, 0.2) is 5.78 Å². The number of carbonyl (C=O) groups is 1. The van der Waals surface area contributed by atoms with Crippen molar-refractivity contribution in [2.75, 3.05) is 13.1 Å². The second kappa shape index (κ2) is 5.98. The molecule has 0 radical (unpaired) electrons. The molecule has 0 heterocycles. The zero-order chi connectivity index (χ0) is 13.8. The lowest BCUT2D eigenvalue weighted by molar-refractivity contribution is 0.0851. The smallest absolute Gasteiger partial charge is 0.179 e. The van der Waals surface area contributed by atoms with E-state index >= 15 is 0 Å². The topological polar surface area (TPSA) is 20.3 Å². The van der Waals surface area contributed by atoms with Crippen LogP contribution in [0.25, 0.3) is 10.8 Å². The molecule has 0 unspecified atom stereocenters. The molecule has 0 spiro atoms. The second-order valence-corrected chi connectivity index (χ2v) is 4.82. The van der Waals surface area contributed by atoms with Crippen LogP contribution in [0.5, 0.6) is 0 Å². The molecule has 1 atom stereocenters. The molecule has 0 aliphatic carbocycles. The van der Waals surface area contributed by atoms with Crippen molar-refractivity contribution in [1.82, 2.24) is 4.90 Å². The van der Waals surface area contributed by atoms with Crippen LogP contribution in [0.3, 0.4) is 0 Å². The zero-order valence-electron chi connectivity index (χ0n) is 11.9. The fourth-order valence-corrected chi connectivity index (χ4v) is 2.52. The van der Waals surface area contributed by atoms with Crippen LogP contribution in [0.2, 0.25) is 0 Å². The highest BCUT2D eigenvalue weighted by atomic mass is 16.1. The van der Waals surface area contributed by atoms with Crippen molar-refractivity contribution in [2.24, 2.45) is 0 Å². The summed E-state index contributed by atoms with van der Waals surface area (Å²) in [7, 11) is 0. The number of carbonyl (C=O) groups excluding carboxylic acids is 1. The number of fused-ring (bicyclic) bond motifs is 1. The molecule has 2 aromatic carbocycles. The minimum absolute atomic E-state index is 0.0591. The molecule has 2 heteroatoms. The van der Waals surface area contributed by atoms with E-state index in [-0.39, 0.29) is 11.8 Å². The first-order valence-corrected chi connectivity index (χ1v) is 6.94. The van der Waals surface area contributed by atoms with Crippen LogP contribution < -0.4 is 0 Å². The number of benzene rings is 2. The predicted octanol–water partition coefficient (Wildman–Crippen LogP) is 3.75. The van der Waals surface area contributed by atoms with E-state index in [0.717, 1.165) is 24.0 Å². The van der Waals surface area contributed by atoms with Crippen LogP contribution >= 0.6 is 0 Å². The summed E-state index contributed by atoms with van der Waals surface area (Å²) in [6.07, 6.45) is 0. The average molecular weight is 255 g/mol. The Morgan fingerprint density at radius 1 is 1.05 bits per heavy atom. The normalized spacial score (nSPS) is 12.8. The van der Waals surface area contributed by atoms with Gasteiger partial charge < -0.3 is 0 Å². The molecule has 0 bridgehead atoms. The summed E-state index contributed by atoms with van der Waals surface area (Å²) in [6, 6.07) is 14.0. The standard InChI is InChI=1S/C17H21NO/c1-4-18(5-2)13(3)17(19)16-11-10-14-8-6-7-9-15(14)12-16/h6-13H,4-5H2,1-3H3/t13-/m1/s1. The highest BCUT2D eigenvalue weighted by Gasteiger charge is 2.20. The lowest BCUT2D eigenvalue weighted by Gasteiger charge is -2.25. The largest absolute Gasteiger partial charge is 0.294 e. The Morgan fingerprint density at radius 3 is 2.32 bits per heavy atom. The number of nitrogens with zero attached hydrogens (tertiary/aromatic N) is 1. The molecule has 0 amide bonds. The fourth-order valence-electron chi connectivity index (χ4n) is 2.52. The van der Waals surface area contributed by atoms with Gasteiger partial charge in [-0.25, -0.2) is 0 Å². The van der Waals surface area contributed by atoms with Gasteiger partial charge in [0.25, 0.3) is 0 Å². The molecule has 100 valence electrons. The monoisotopic (exact) mass is 255 g/mol. The molecule has 0 aliphatic rings. The summed E-state index contributed by atoms with van der Waals surface area (Å²) >= 11 is 0. The second-order valence-electron chi connectivity index (χ2n) is 4.82. The van der Waals surface area contributed by atoms with E-state index in [1.807, 2.05) is 43.3 Å². The maximum absolute atomic E-state index is 12.5. The van der Waals surface area contributed by atoms with E-state index in [9.17, 15) is 4.79 Å².